The molecule has 1 aromatic heterocycles. The van der Waals surface area contributed by atoms with Gasteiger partial charge in [0.25, 0.3) is 0 Å². The van der Waals surface area contributed by atoms with Crippen LogP contribution in [0.4, 0.5) is 11.5 Å². The van der Waals surface area contributed by atoms with E-state index in [0.717, 1.165) is 16.8 Å². The molecule has 3 rings (SSSR count). The van der Waals surface area contributed by atoms with E-state index in [0.29, 0.717) is 12.4 Å². The molecule has 0 unspecified atom stereocenters. The number of carbonyl (C=O) groups excluding carboxylic acids is 1. The van der Waals surface area contributed by atoms with Gasteiger partial charge in [-0.15, -0.1) is 5.10 Å². The lowest BCUT2D eigenvalue weighted by molar-refractivity contribution is -0.122. The summed E-state index contributed by atoms with van der Waals surface area (Å²) in [5.74, 6) is 0.356. The number of fused-ring (bicyclic) bond motifs is 1. The largest absolute Gasteiger partial charge is 0.382 e. The van der Waals surface area contributed by atoms with Crippen molar-refractivity contribution in [1.29, 1.82) is 0 Å². The molecule has 0 fully saturated rings. The molecule has 1 aliphatic rings. The molecule has 102 valence electrons. The van der Waals surface area contributed by atoms with Crippen LogP contribution in [-0.4, -0.2) is 16.1 Å². The number of nitrogen functional groups attached to an aromatic ring is 1. The minimum Gasteiger partial charge on any atom is -0.382 e. The van der Waals surface area contributed by atoms with E-state index < -0.39 is 5.41 Å². The number of hydrogen-bond acceptors (Lipinski definition) is 4. The second-order valence-electron chi connectivity index (χ2n) is 5.49. The molecule has 5 nitrogen and oxygen atoms in total. The first-order valence-electron chi connectivity index (χ1n) is 6.49. The first-order valence-corrected chi connectivity index (χ1v) is 6.49. The molecule has 2 aromatic rings. The summed E-state index contributed by atoms with van der Waals surface area (Å²) in [5.41, 5.74) is 7.85. The molecule has 2 N–H and O–H groups in total. The summed E-state index contributed by atoms with van der Waals surface area (Å²) >= 11 is 0. The van der Waals surface area contributed by atoms with Crippen LogP contribution in [0.15, 0.2) is 36.5 Å². The smallest absolute Gasteiger partial charge is 0.237 e. The molecule has 2 heterocycles. The summed E-state index contributed by atoms with van der Waals surface area (Å²) in [6, 6.07) is 9.87. The van der Waals surface area contributed by atoms with Crippen molar-refractivity contribution in [2.45, 2.75) is 25.8 Å². The molecule has 1 aliphatic heterocycles. The van der Waals surface area contributed by atoms with E-state index in [1.807, 2.05) is 44.2 Å². The minimum atomic E-state index is -0.663. The van der Waals surface area contributed by atoms with Crippen molar-refractivity contribution in [3.8, 4) is 0 Å². The Morgan fingerprint density at radius 1 is 1.25 bits per heavy atom. The summed E-state index contributed by atoms with van der Waals surface area (Å²) in [6.07, 6.45) is 1.61. The lowest BCUT2D eigenvalue weighted by atomic mass is 9.87. The number of hydrogen-bond donors (Lipinski definition) is 1. The SMILES string of the molecule is CC1(C)C(=O)N(Cc2ccccc2)c2cnnc(N)c21. The quantitative estimate of drug-likeness (QED) is 0.902. The van der Waals surface area contributed by atoms with Gasteiger partial charge in [0.2, 0.25) is 5.91 Å². The fourth-order valence-electron chi connectivity index (χ4n) is 2.71. The van der Waals surface area contributed by atoms with Crippen LogP contribution in [0.2, 0.25) is 0 Å². The molecule has 0 bridgehead atoms. The van der Waals surface area contributed by atoms with Crippen LogP contribution in [0, 0.1) is 0 Å². The Labute approximate surface area is 117 Å². The second-order valence-corrected chi connectivity index (χ2v) is 5.49. The van der Waals surface area contributed by atoms with E-state index in [1.54, 1.807) is 11.1 Å². The number of carbonyl (C=O) groups is 1. The summed E-state index contributed by atoms with van der Waals surface area (Å²) in [7, 11) is 0. The Morgan fingerprint density at radius 3 is 2.65 bits per heavy atom. The number of aromatic nitrogens is 2. The lowest BCUT2D eigenvalue weighted by Crippen LogP contribution is -2.35. The fraction of sp³-hybridized carbons (Fsp3) is 0.267. The van der Waals surface area contributed by atoms with Gasteiger partial charge in [-0.2, -0.15) is 5.10 Å². The van der Waals surface area contributed by atoms with Gasteiger partial charge in [-0.3, -0.25) is 4.79 Å². The fourth-order valence-corrected chi connectivity index (χ4v) is 2.71. The molecule has 0 radical (unpaired) electrons. The Balaban J connectivity index is 2.06. The molecule has 0 spiro atoms. The topological polar surface area (TPSA) is 72.1 Å². The van der Waals surface area contributed by atoms with E-state index in [4.69, 9.17) is 5.73 Å². The second kappa shape index (κ2) is 4.30. The maximum atomic E-state index is 12.7. The van der Waals surface area contributed by atoms with Crippen LogP contribution >= 0.6 is 0 Å². The number of nitrogens with two attached hydrogens (primary N) is 1. The van der Waals surface area contributed by atoms with Gasteiger partial charge in [0.1, 0.15) is 0 Å². The maximum absolute atomic E-state index is 12.7. The van der Waals surface area contributed by atoms with Gasteiger partial charge in [0, 0.05) is 5.56 Å². The standard InChI is InChI=1S/C15H16N4O/c1-15(2)12-11(8-17-18-13(12)16)19(14(15)20)9-10-6-4-3-5-7-10/h3-8H,9H2,1-2H3,(H2,16,18). The molecular weight excluding hydrogens is 252 g/mol. The Kier molecular flexibility index (Phi) is 2.71. The molecule has 1 amide bonds. The van der Waals surface area contributed by atoms with Gasteiger partial charge in [-0.1, -0.05) is 30.3 Å². The zero-order chi connectivity index (χ0) is 14.3. The number of rotatable bonds is 2. The van der Waals surface area contributed by atoms with E-state index in [-0.39, 0.29) is 5.91 Å². The van der Waals surface area contributed by atoms with Gasteiger partial charge < -0.3 is 10.6 Å². The van der Waals surface area contributed by atoms with E-state index >= 15 is 0 Å². The summed E-state index contributed by atoms with van der Waals surface area (Å²) in [5, 5.41) is 7.75. The van der Waals surface area contributed by atoms with Crippen molar-refractivity contribution in [3.63, 3.8) is 0 Å². The lowest BCUT2D eigenvalue weighted by Gasteiger charge is -2.20. The van der Waals surface area contributed by atoms with Gasteiger partial charge in [0.05, 0.1) is 23.8 Å². The Hall–Kier alpha value is -2.43. The van der Waals surface area contributed by atoms with Gasteiger partial charge in [0.15, 0.2) is 5.82 Å². The summed E-state index contributed by atoms with van der Waals surface area (Å²) in [4.78, 5) is 14.4. The highest BCUT2D eigenvalue weighted by molar-refractivity contribution is 6.08. The number of amides is 1. The molecule has 0 saturated heterocycles. The molecule has 0 atom stereocenters. The molecule has 1 aromatic carbocycles. The zero-order valence-corrected chi connectivity index (χ0v) is 11.5. The van der Waals surface area contributed by atoms with Crippen LogP contribution < -0.4 is 10.6 Å². The van der Waals surface area contributed by atoms with E-state index in [9.17, 15) is 4.79 Å². The molecule has 0 aliphatic carbocycles. The first kappa shape index (κ1) is 12.6. The zero-order valence-electron chi connectivity index (χ0n) is 11.5. The third kappa shape index (κ3) is 1.74. The molecular formula is C15H16N4O. The average Bonchev–Trinajstić information content (AvgIpc) is 2.62. The summed E-state index contributed by atoms with van der Waals surface area (Å²) in [6.45, 7) is 4.26. The van der Waals surface area contributed by atoms with Crippen molar-refractivity contribution in [2.24, 2.45) is 0 Å². The maximum Gasteiger partial charge on any atom is 0.237 e. The molecule has 0 saturated carbocycles. The first-order chi connectivity index (χ1) is 9.51. The highest BCUT2D eigenvalue weighted by atomic mass is 16.2. The monoisotopic (exact) mass is 268 g/mol. The minimum absolute atomic E-state index is 0.0258. The third-order valence-electron chi connectivity index (χ3n) is 3.74. The van der Waals surface area contributed by atoms with Gasteiger partial charge >= 0.3 is 0 Å². The van der Waals surface area contributed by atoms with Gasteiger partial charge in [-0.25, -0.2) is 0 Å². The highest BCUT2D eigenvalue weighted by Gasteiger charge is 2.46. The predicted molar refractivity (Wildman–Crippen MR) is 77.1 cm³/mol. The van der Waals surface area contributed by atoms with Crippen LogP contribution in [0.3, 0.4) is 0 Å². The number of anilines is 2. The van der Waals surface area contributed by atoms with Gasteiger partial charge in [-0.05, 0) is 19.4 Å². The Bertz CT molecular complexity index is 667. The molecule has 5 heteroatoms. The van der Waals surface area contributed by atoms with Crippen molar-refractivity contribution in [2.75, 3.05) is 10.6 Å². The highest BCUT2D eigenvalue weighted by Crippen LogP contribution is 2.43. The number of benzene rings is 1. The van der Waals surface area contributed by atoms with Crippen LogP contribution in [0.5, 0.6) is 0 Å². The number of nitrogens with zero attached hydrogens (tertiary/aromatic N) is 3. The van der Waals surface area contributed by atoms with Crippen LogP contribution in [0.1, 0.15) is 25.0 Å². The summed E-state index contributed by atoms with van der Waals surface area (Å²) < 4.78 is 0. The molecule has 20 heavy (non-hydrogen) atoms. The average molecular weight is 268 g/mol. The third-order valence-corrected chi connectivity index (χ3v) is 3.74. The van der Waals surface area contributed by atoms with Crippen molar-refractivity contribution in [1.82, 2.24) is 10.2 Å². The van der Waals surface area contributed by atoms with Crippen LogP contribution in [-0.2, 0) is 16.8 Å². The predicted octanol–water partition coefficient (Wildman–Crippen LogP) is 1.88. The normalized spacial score (nSPS) is 16.3. The van der Waals surface area contributed by atoms with E-state index in [2.05, 4.69) is 10.2 Å². The Morgan fingerprint density at radius 2 is 1.95 bits per heavy atom. The van der Waals surface area contributed by atoms with Crippen molar-refractivity contribution < 1.29 is 4.79 Å². The van der Waals surface area contributed by atoms with Crippen LogP contribution in [0.25, 0.3) is 0 Å². The van der Waals surface area contributed by atoms with Crippen molar-refractivity contribution in [3.05, 3.63) is 47.7 Å². The van der Waals surface area contributed by atoms with Crippen molar-refractivity contribution >= 4 is 17.4 Å². The van der Waals surface area contributed by atoms with E-state index in [1.165, 1.54) is 0 Å².